The van der Waals surface area contributed by atoms with Crippen molar-refractivity contribution < 1.29 is 9.53 Å². The summed E-state index contributed by atoms with van der Waals surface area (Å²) in [7, 11) is 1.56. The Morgan fingerprint density at radius 2 is 2.00 bits per heavy atom. The van der Waals surface area contributed by atoms with Crippen LogP contribution in [0.2, 0.25) is 0 Å². The van der Waals surface area contributed by atoms with E-state index in [1.165, 1.54) is 32.1 Å². The number of carbonyl (C=O) groups is 1. The molecule has 1 aliphatic rings. The smallest absolute Gasteiger partial charge is 0.230 e. The molecule has 6 heteroatoms. The Hall–Kier alpha value is -2.50. The minimum Gasteiger partial charge on any atom is -0.481 e. The number of ether oxygens (including phenoxy) is 1. The maximum Gasteiger partial charge on any atom is 0.230 e. The third-order valence-corrected chi connectivity index (χ3v) is 4.35. The summed E-state index contributed by atoms with van der Waals surface area (Å²) in [5.41, 5.74) is 1.85. The molecule has 2 aromatic rings. The van der Waals surface area contributed by atoms with Crippen LogP contribution in [0.5, 0.6) is 5.88 Å². The van der Waals surface area contributed by atoms with E-state index in [1.54, 1.807) is 19.4 Å². The van der Waals surface area contributed by atoms with Gasteiger partial charge in [-0.3, -0.25) is 4.79 Å². The molecule has 1 aliphatic carbocycles. The normalized spacial score (nSPS) is 15.0. The second-order valence-electron chi connectivity index (χ2n) is 6.11. The van der Waals surface area contributed by atoms with Gasteiger partial charge in [0.15, 0.2) is 5.82 Å². The Labute approximate surface area is 141 Å². The van der Waals surface area contributed by atoms with Gasteiger partial charge in [-0.05, 0) is 30.5 Å². The number of rotatable bonds is 5. The third-order valence-electron chi connectivity index (χ3n) is 4.35. The molecule has 0 aromatic carbocycles. The first-order valence-electron chi connectivity index (χ1n) is 8.37. The molecular weight excluding hydrogens is 304 g/mol. The minimum atomic E-state index is -0.137. The Morgan fingerprint density at radius 1 is 1.17 bits per heavy atom. The lowest BCUT2D eigenvalue weighted by Gasteiger charge is -2.20. The second kappa shape index (κ2) is 7.86. The zero-order valence-electron chi connectivity index (χ0n) is 13.9. The maximum atomic E-state index is 12.1. The second-order valence-corrected chi connectivity index (χ2v) is 6.11. The van der Waals surface area contributed by atoms with Gasteiger partial charge in [0.05, 0.1) is 19.2 Å². The fourth-order valence-corrected chi connectivity index (χ4v) is 3.03. The molecule has 2 heterocycles. The molecule has 0 spiro atoms. The Balaban J connectivity index is 1.55. The van der Waals surface area contributed by atoms with E-state index in [-0.39, 0.29) is 12.3 Å². The van der Waals surface area contributed by atoms with E-state index in [1.807, 2.05) is 18.2 Å². The topological polar surface area (TPSA) is 77.0 Å². The molecule has 0 atom stereocenters. The van der Waals surface area contributed by atoms with Crippen LogP contribution in [0, 0.1) is 0 Å². The minimum absolute atomic E-state index is 0.137. The van der Waals surface area contributed by atoms with E-state index in [0.717, 1.165) is 11.3 Å². The van der Waals surface area contributed by atoms with Gasteiger partial charge >= 0.3 is 0 Å². The van der Waals surface area contributed by atoms with Gasteiger partial charge in [0.1, 0.15) is 0 Å². The van der Waals surface area contributed by atoms with Gasteiger partial charge < -0.3 is 10.1 Å². The summed E-state index contributed by atoms with van der Waals surface area (Å²) in [6, 6.07) is 7.37. The van der Waals surface area contributed by atoms with Crippen LogP contribution in [0.3, 0.4) is 0 Å². The van der Waals surface area contributed by atoms with Crippen molar-refractivity contribution in [3.63, 3.8) is 0 Å². The molecule has 3 rings (SSSR count). The monoisotopic (exact) mass is 326 g/mol. The van der Waals surface area contributed by atoms with Crippen LogP contribution in [-0.4, -0.2) is 28.2 Å². The number of methoxy groups -OCH3 is 1. The lowest BCUT2D eigenvalue weighted by molar-refractivity contribution is -0.115. The van der Waals surface area contributed by atoms with E-state index in [2.05, 4.69) is 20.5 Å². The fourth-order valence-electron chi connectivity index (χ4n) is 3.03. The highest BCUT2D eigenvalue weighted by atomic mass is 16.5. The van der Waals surface area contributed by atoms with Crippen molar-refractivity contribution in [2.24, 2.45) is 0 Å². The molecule has 0 saturated heterocycles. The number of nitrogens with one attached hydrogen (secondary N) is 1. The molecule has 24 heavy (non-hydrogen) atoms. The van der Waals surface area contributed by atoms with Gasteiger partial charge in [0.25, 0.3) is 0 Å². The molecule has 2 aromatic heterocycles. The van der Waals surface area contributed by atoms with Crippen molar-refractivity contribution in [2.75, 3.05) is 12.4 Å². The first-order valence-corrected chi connectivity index (χ1v) is 8.37. The van der Waals surface area contributed by atoms with Gasteiger partial charge in [-0.2, -0.15) is 5.10 Å². The summed E-state index contributed by atoms with van der Waals surface area (Å²) in [5, 5.41) is 11.2. The van der Waals surface area contributed by atoms with E-state index in [0.29, 0.717) is 17.6 Å². The summed E-state index contributed by atoms with van der Waals surface area (Å²) in [5.74, 6) is 1.40. The van der Waals surface area contributed by atoms with E-state index >= 15 is 0 Å². The predicted molar refractivity (Wildman–Crippen MR) is 91.0 cm³/mol. The number of aromatic nitrogens is 3. The quantitative estimate of drug-likeness (QED) is 0.913. The maximum absolute atomic E-state index is 12.1. The molecule has 6 nitrogen and oxygen atoms in total. The Morgan fingerprint density at radius 3 is 2.62 bits per heavy atom. The number of hydrogen-bond acceptors (Lipinski definition) is 5. The summed E-state index contributed by atoms with van der Waals surface area (Å²) in [6.07, 6.45) is 8.09. The van der Waals surface area contributed by atoms with Crippen molar-refractivity contribution in [1.82, 2.24) is 15.2 Å². The van der Waals surface area contributed by atoms with Crippen LogP contribution >= 0.6 is 0 Å². The summed E-state index contributed by atoms with van der Waals surface area (Å²) >= 11 is 0. The largest absolute Gasteiger partial charge is 0.481 e. The third kappa shape index (κ3) is 4.28. The van der Waals surface area contributed by atoms with Crippen LogP contribution in [-0.2, 0) is 11.2 Å². The number of hydrogen-bond donors (Lipinski definition) is 1. The number of pyridine rings is 1. The number of carbonyl (C=O) groups excluding carboxylic acids is 1. The zero-order chi connectivity index (χ0) is 16.8. The van der Waals surface area contributed by atoms with Crippen molar-refractivity contribution in [3.05, 3.63) is 41.7 Å². The van der Waals surface area contributed by atoms with Gasteiger partial charge in [-0.25, -0.2) is 4.98 Å². The van der Waals surface area contributed by atoms with Crippen molar-refractivity contribution >= 4 is 11.7 Å². The summed E-state index contributed by atoms with van der Waals surface area (Å²) in [6.45, 7) is 0. The molecule has 126 valence electrons. The van der Waals surface area contributed by atoms with Crippen LogP contribution in [0.25, 0.3) is 0 Å². The summed E-state index contributed by atoms with van der Waals surface area (Å²) < 4.78 is 5.00. The average molecular weight is 326 g/mol. The van der Waals surface area contributed by atoms with Crippen LogP contribution in [0.1, 0.15) is 49.3 Å². The Bertz CT molecular complexity index is 664. The molecule has 0 radical (unpaired) electrons. The lowest BCUT2D eigenvalue weighted by atomic mass is 9.87. The SMILES string of the molecule is COc1ccc(CC(=O)Nc2ccc(C3CCCCC3)nn2)cn1. The standard InChI is InChI=1S/C18H22N4O2/c1-24-18-10-7-13(12-19-18)11-17(23)20-16-9-8-15(21-22-16)14-5-3-2-4-6-14/h7-10,12,14H,2-6,11H2,1H3,(H,20,22,23). The number of anilines is 1. The first-order chi connectivity index (χ1) is 11.7. The summed E-state index contributed by atoms with van der Waals surface area (Å²) in [4.78, 5) is 16.2. The first kappa shape index (κ1) is 16.4. The van der Waals surface area contributed by atoms with Crippen molar-refractivity contribution in [2.45, 2.75) is 44.4 Å². The number of amides is 1. The highest BCUT2D eigenvalue weighted by molar-refractivity contribution is 5.91. The van der Waals surface area contributed by atoms with Crippen LogP contribution in [0.4, 0.5) is 5.82 Å². The molecule has 0 bridgehead atoms. The van der Waals surface area contributed by atoms with Gasteiger partial charge in [-0.1, -0.05) is 25.3 Å². The van der Waals surface area contributed by atoms with Gasteiger partial charge in [0.2, 0.25) is 11.8 Å². The molecular formula is C18H22N4O2. The van der Waals surface area contributed by atoms with Crippen molar-refractivity contribution in [3.8, 4) is 5.88 Å². The molecule has 1 saturated carbocycles. The molecule has 1 N–H and O–H groups in total. The fraction of sp³-hybridized carbons (Fsp3) is 0.444. The van der Waals surface area contributed by atoms with Gasteiger partial charge in [0, 0.05) is 18.2 Å². The van der Waals surface area contributed by atoms with E-state index in [9.17, 15) is 4.79 Å². The average Bonchev–Trinajstić information content (AvgIpc) is 2.64. The van der Waals surface area contributed by atoms with Gasteiger partial charge in [-0.15, -0.1) is 5.10 Å². The molecule has 1 fully saturated rings. The van der Waals surface area contributed by atoms with Crippen LogP contribution < -0.4 is 10.1 Å². The Kier molecular flexibility index (Phi) is 5.36. The van der Waals surface area contributed by atoms with E-state index < -0.39 is 0 Å². The van der Waals surface area contributed by atoms with E-state index in [4.69, 9.17) is 4.74 Å². The highest BCUT2D eigenvalue weighted by Crippen LogP contribution is 2.31. The number of nitrogens with zero attached hydrogens (tertiary/aromatic N) is 3. The zero-order valence-corrected chi connectivity index (χ0v) is 13.9. The molecule has 0 aliphatic heterocycles. The predicted octanol–water partition coefficient (Wildman–Crippen LogP) is 3.11. The molecule has 0 unspecified atom stereocenters. The van der Waals surface area contributed by atoms with Crippen LogP contribution in [0.15, 0.2) is 30.5 Å². The molecule has 1 amide bonds. The van der Waals surface area contributed by atoms with Crippen molar-refractivity contribution in [1.29, 1.82) is 0 Å². The highest BCUT2D eigenvalue weighted by Gasteiger charge is 2.17. The lowest BCUT2D eigenvalue weighted by Crippen LogP contribution is -2.16.